The summed E-state index contributed by atoms with van der Waals surface area (Å²) >= 11 is 0. The highest BCUT2D eigenvalue weighted by molar-refractivity contribution is 5.14. The van der Waals surface area contributed by atoms with Gasteiger partial charge >= 0.3 is 0 Å². The maximum Gasteiger partial charge on any atom is 0.0309 e. The van der Waals surface area contributed by atoms with Crippen molar-refractivity contribution in [2.24, 2.45) is 13.0 Å². The van der Waals surface area contributed by atoms with Crippen molar-refractivity contribution in [3.05, 3.63) is 24.0 Å². The van der Waals surface area contributed by atoms with Crippen molar-refractivity contribution >= 4 is 0 Å². The van der Waals surface area contributed by atoms with Crippen molar-refractivity contribution in [1.29, 1.82) is 0 Å². The molecule has 0 amide bonds. The van der Waals surface area contributed by atoms with Gasteiger partial charge in [-0.1, -0.05) is 6.92 Å². The number of aryl methyl sites for hydroxylation is 1. The SMILES string of the molecule is CC1CC(NC(C)c2ccn(C)c2)C1. The summed E-state index contributed by atoms with van der Waals surface area (Å²) in [6.45, 7) is 4.57. The van der Waals surface area contributed by atoms with Gasteiger partial charge in [-0.3, -0.25) is 0 Å². The molecular formula is C12H20N2. The van der Waals surface area contributed by atoms with Crippen molar-refractivity contribution in [2.45, 2.75) is 38.8 Å². The number of aromatic nitrogens is 1. The molecule has 1 unspecified atom stereocenters. The third kappa shape index (κ3) is 2.01. The molecule has 1 aliphatic carbocycles. The first kappa shape index (κ1) is 9.78. The molecule has 14 heavy (non-hydrogen) atoms. The summed E-state index contributed by atoms with van der Waals surface area (Å²) in [5.41, 5.74) is 1.40. The highest BCUT2D eigenvalue weighted by Crippen LogP contribution is 2.28. The standard InChI is InChI=1S/C12H20N2/c1-9-6-12(7-9)13-10(2)11-4-5-14(3)8-11/h4-5,8-10,12-13H,6-7H2,1-3H3. The first-order valence-electron chi connectivity index (χ1n) is 5.53. The second kappa shape index (κ2) is 3.77. The Balaban J connectivity index is 1.86. The summed E-state index contributed by atoms with van der Waals surface area (Å²) in [5, 5.41) is 3.66. The third-order valence-electron chi connectivity index (χ3n) is 3.21. The predicted octanol–water partition coefficient (Wildman–Crippen LogP) is 2.47. The molecule has 1 aromatic heterocycles. The van der Waals surface area contributed by atoms with Crippen LogP contribution in [0, 0.1) is 5.92 Å². The molecule has 2 heteroatoms. The topological polar surface area (TPSA) is 17.0 Å². The van der Waals surface area contributed by atoms with E-state index in [1.807, 2.05) is 0 Å². The van der Waals surface area contributed by atoms with E-state index in [1.165, 1.54) is 18.4 Å². The van der Waals surface area contributed by atoms with Crippen molar-refractivity contribution in [3.63, 3.8) is 0 Å². The number of nitrogens with zero attached hydrogens (tertiary/aromatic N) is 1. The van der Waals surface area contributed by atoms with Gasteiger partial charge in [-0.15, -0.1) is 0 Å². The number of nitrogens with one attached hydrogen (secondary N) is 1. The molecule has 1 aliphatic rings. The molecule has 2 nitrogen and oxygen atoms in total. The van der Waals surface area contributed by atoms with E-state index in [0.717, 1.165) is 12.0 Å². The fourth-order valence-electron chi connectivity index (χ4n) is 2.27. The Morgan fingerprint density at radius 2 is 2.21 bits per heavy atom. The second-order valence-corrected chi connectivity index (χ2v) is 4.77. The highest BCUT2D eigenvalue weighted by atomic mass is 15.0. The average Bonchev–Trinajstić information content (AvgIpc) is 2.49. The van der Waals surface area contributed by atoms with Crippen molar-refractivity contribution in [1.82, 2.24) is 9.88 Å². The van der Waals surface area contributed by atoms with Gasteiger partial charge in [0.05, 0.1) is 0 Å². The van der Waals surface area contributed by atoms with Crippen LogP contribution in [0.15, 0.2) is 18.5 Å². The van der Waals surface area contributed by atoms with Crippen LogP contribution in [-0.4, -0.2) is 10.6 Å². The highest BCUT2D eigenvalue weighted by Gasteiger charge is 2.26. The van der Waals surface area contributed by atoms with Gasteiger partial charge in [-0.05, 0) is 37.3 Å². The van der Waals surface area contributed by atoms with E-state index in [4.69, 9.17) is 0 Å². The second-order valence-electron chi connectivity index (χ2n) is 4.77. The molecule has 0 saturated heterocycles. The van der Waals surface area contributed by atoms with Gasteiger partial charge in [0.2, 0.25) is 0 Å². The summed E-state index contributed by atoms with van der Waals surface area (Å²) in [4.78, 5) is 0. The molecule has 0 radical (unpaired) electrons. The molecule has 1 saturated carbocycles. The zero-order valence-electron chi connectivity index (χ0n) is 9.33. The smallest absolute Gasteiger partial charge is 0.0309 e. The summed E-state index contributed by atoms with van der Waals surface area (Å²) in [7, 11) is 2.07. The average molecular weight is 192 g/mol. The first-order valence-corrected chi connectivity index (χ1v) is 5.53. The van der Waals surface area contributed by atoms with E-state index in [1.54, 1.807) is 0 Å². The molecule has 1 N–H and O–H groups in total. The van der Waals surface area contributed by atoms with E-state index >= 15 is 0 Å². The monoisotopic (exact) mass is 192 g/mol. The molecule has 1 aromatic rings. The van der Waals surface area contributed by atoms with Crippen LogP contribution in [0.2, 0.25) is 0 Å². The van der Waals surface area contributed by atoms with E-state index in [-0.39, 0.29) is 0 Å². The maximum absolute atomic E-state index is 3.66. The van der Waals surface area contributed by atoms with Gasteiger partial charge in [0.15, 0.2) is 0 Å². The zero-order valence-corrected chi connectivity index (χ0v) is 9.33. The molecule has 1 heterocycles. The quantitative estimate of drug-likeness (QED) is 0.778. The zero-order chi connectivity index (χ0) is 10.1. The molecule has 0 aliphatic heterocycles. The Bertz CT molecular complexity index is 297. The molecule has 1 atom stereocenters. The minimum atomic E-state index is 0.494. The molecule has 0 spiro atoms. The van der Waals surface area contributed by atoms with Gasteiger partial charge in [-0.25, -0.2) is 0 Å². The summed E-state index contributed by atoms with van der Waals surface area (Å²) in [6.07, 6.45) is 6.99. The van der Waals surface area contributed by atoms with Crippen LogP contribution >= 0.6 is 0 Å². The lowest BCUT2D eigenvalue weighted by atomic mass is 9.81. The Hall–Kier alpha value is -0.760. The third-order valence-corrected chi connectivity index (χ3v) is 3.21. The van der Waals surface area contributed by atoms with Gasteiger partial charge in [-0.2, -0.15) is 0 Å². The maximum atomic E-state index is 3.66. The lowest BCUT2D eigenvalue weighted by Crippen LogP contribution is -2.41. The first-order chi connectivity index (χ1) is 6.65. The molecule has 2 rings (SSSR count). The van der Waals surface area contributed by atoms with E-state index in [2.05, 4.69) is 49.2 Å². The van der Waals surface area contributed by atoms with Crippen LogP contribution in [0.3, 0.4) is 0 Å². The van der Waals surface area contributed by atoms with Crippen LogP contribution in [0.1, 0.15) is 38.3 Å². The lowest BCUT2D eigenvalue weighted by Gasteiger charge is -2.35. The number of hydrogen-bond acceptors (Lipinski definition) is 1. The molecule has 0 bridgehead atoms. The van der Waals surface area contributed by atoms with Gasteiger partial charge in [0.1, 0.15) is 0 Å². The van der Waals surface area contributed by atoms with Gasteiger partial charge in [0, 0.05) is 31.5 Å². The van der Waals surface area contributed by atoms with Gasteiger partial charge < -0.3 is 9.88 Å². The summed E-state index contributed by atoms with van der Waals surface area (Å²) in [6, 6.07) is 3.44. The molecule has 78 valence electrons. The van der Waals surface area contributed by atoms with Crippen LogP contribution in [-0.2, 0) is 7.05 Å². The fraction of sp³-hybridized carbons (Fsp3) is 0.667. The summed E-state index contributed by atoms with van der Waals surface area (Å²) < 4.78 is 2.11. The minimum absolute atomic E-state index is 0.494. The Morgan fingerprint density at radius 3 is 2.71 bits per heavy atom. The van der Waals surface area contributed by atoms with Crippen molar-refractivity contribution in [2.75, 3.05) is 0 Å². The normalized spacial score (nSPS) is 28.5. The van der Waals surface area contributed by atoms with Crippen LogP contribution < -0.4 is 5.32 Å². The van der Waals surface area contributed by atoms with Gasteiger partial charge in [0.25, 0.3) is 0 Å². The minimum Gasteiger partial charge on any atom is -0.357 e. The summed E-state index contributed by atoms with van der Waals surface area (Å²) in [5.74, 6) is 0.926. The largest absolute Gasteiger partial charge is 0.357 e. The van der Waals surface area contributed by atoms with Crippen LogP contribution in [0.5, 0.6) is 0 Å². The van der Waals surface area contributed by atoms with E-state index in [0.29, 0.717) is 6.04 Å². The van der Waals surface area contributed by atoms with Crippen molar-refractivity contribution in [3.8, 4) is 0 Å². The van der Waals surface area contributed by atoms with Crippen LogP contribution in [0.4, 0.5) is 0 Å². The predicted molar refractivity (Wildman–Crippen MR) is 59.1 cm³/mol. The Labute approximate surface area is 86.3 Å². The van der Waals surface area contributed by atoms with E-state index < -0.39 is 0 Å². The molecular weight excluding hydrogens is 172 g/mol. The Kier molecular flexibility index (Phi) is 2.64. The Morgan fingerprint density at radius 1 is 1.50 bits per heavy atom. The lowest BCUT2D eigenvalue weighted by molar-refractivity contribution is 0.226. The number of hydrogen-bond donors (Lipinski definition) is 1. The van der Waals surface area contributed by atoms with Crippen molar-refractivity contribution < 1.29 is 0 Å². The molecule has 1 fully saturated rings. The van der Waals surface area contributed by atoms with E-state index in [9.17, 15) is 0 Å². The number of rotatable bonds is 3. The fourth-order valence-corrected chi connectivity index (χ4v) is 2.27. The van der Waals surface area contributed by atoms with Crippen LogP contribution in [0.25, 0.3) is 0 Å². The molecule has 0 aromatic carbocycles.